The van der Waals surface area contributed by atoms with Gasteiger partial charge in [0.05, 0.1) is 0 Å². The second kappa shape index (κ2) is 6.16. The summed E-state index contributed by atoms with van der Waals surface area (Å²) in [6.07, 6.45) is 1.75. The van der Waals surface area contributed by atoms with Crippen LogP contribution in [0.3, 0.4) is 0 Å². The molecule has 1 aromatic carbocycles. The third-order valence-corrected chi connectivity index (χ3v) is 3.91. The summed E-state index contributed by atoms with van der Waals surface area (Å²) in [6, 6.07) is 6.55. The quantitative estimate of drug-likeness (QED) is 0.853. The van der Waals surface area contributed by atoms with Crippen LogP contribution in [0.2, 0.25) is 0 Å². The van der Waals surface area contributed by atoms with Gasteiger partial charge in [0.15, 0.2) is 0 Å². The van der Waals surface area contributed by atoms with Crippen molar-refractivity contribution >= 4 is 10.8 Å². The SMILES string of the molecule is Cc1cc(C)cc(CNCC(C)S(C)=O)c1. The Bertz CT molecular complexity index is 356. The fourth-order valence-electron chi connectivity index (χ4n) is 1.71. The zero-order valence-corrected chi connectivity index (χ0v) is 11.4. The number of benzene rings is 1. The molecule has 2 nitrogen and oxygen atoms in total. The largest absolute Gasteiger partial charge is 0.311 e. The average molecular weight is 239 g/mol. The molecule has 0 saturated carbocycles. The Balaban J connectivity index is 2.46. The highest BCUT2D eigenvalue weighted by Gasteiger charge is 2.04. The number of aryl methyl sites for hydroxylation is 2. The van der Waals surface area contributed by atoms with Gasteiger partial charge >= 0.3 is 0 Å². The lowest BCUT2D eigenvalue weighted by Gasteiger charge is -2.10. The highest BCUT2D eigenvalue weighted by Crippen LogP contribution is 2.08. The van der Waals surface area contributed by atoms with Crippen LogP contribution in [-0.4, -0.2) is 22.3 Å². The lowest BCUT2D eigenvalue weighted by Crippen LogP contribution is -2.27. The van der Waals surface area contributed by atoms with Crippen molar-refractivity contribution in [2.75, 3.05) is 12.8 Å². The van der Waals surface area contributed by atoms with E-state index in [0.717, 1.165) is 13.1 Å². The van der Waals surface area contributed by atoms with Gasteiger partial charge in [-0.05, 0) is 26.3 Å². The molecule has 1 rings (SSSR count). The van der Waals surface area contributed by atoms with E-state index in [9.17, 15) is 4.21 Å². The van der Waals surface area contributed by atoms with Gasteiger partial charge < -0.3 is 5.32 Å². The van der Waals surface area contributed by atoms with Crippen LogP contribution in [0.25, 0.3) is 0 Å². The summed E-state index contributed by atoms with van der Waals surface area (Å²) in [7, 11) is -0.739. The van der Waals surface area contributed by atoms with Gasteiger partial charge in [0.1, 0.15) is 0 Å². The second-order valence-corrected chi connectivity index (χ2v) is 6.24. The molecule has 0 saturated heterocycles. The van der Waals surface area contributed by atoms with E-state index in [4.69, 9.17) is 0 Å². The molecule has 1 aromatic rings. The van der Waals surface area contributed by atoms with Crippen molar-refractivity contribution in [2.24, 2.45) is 0 Å². The minimum atomic E-state index is -0.739. The van der Waals surface area contributed by atoms with Gasteiger partial charge in [0.25, 0.3) is 0 Å². The van der Waals surface area contributed by atoms with E-state index in [2.05, 4.69) is 37.4 Å². The predicted octanol–water partition coefficient (Wildman–Crippen LogP) is 2.16. The summed E-state index contributed by atoms with van der Waals surface area (Å²) in [5.41, 5.74) is 3.89. The second-order valence-electron chi connectivity index (χ2n) is 4.44. The molecule has 3 heteroatoms. The summed E-state index contributed by atoms with van der Waals surface area (Å²) in [5, 5.41) is 3.56. The standard InChI is InChI=1S/C13H21NOS/c1-10-5-11(2)7-13(6-10)9-14-8-12(3)16(4)15/h5-7,12,14H,8-9H2,1-4H3. The van der Waals surface area contributed by atoms with E-state index in [1.807, 2.05) is 6.92 Å². The molecule has 90 valence electrons. The first-order chi connectivity index (χ1) is 7.49. The molecule has 0 spiro atoms. The number of hydrogen-bond acceptors (Lipinski definition) is 2. The van der Waals surface area contributed by atoms with Crippen LogP contribution in [0, 0.1) is 13.8 Å². The summed E-state index contributed by atoms with van der Waals surface area (Å²) in [4.78, 5) is 0. The number of rotatable bonds is 5. The van der Waals surface area contributed by atoms with Gasteiger partial charge in [0.2, 0.25) is 0 Å². The van der Waals surface area contributed by atoms with Crippen molar-refractivity contribution in [2.45, 2.75) is 32.6 Å². The van der Waals surface area contributed by atoms with Crippen LogP contribution >= 0.6 is 0 Å². The lowest BCUT2D eigenvalue weighted by molar-refractivity contribution is 0.647. The van der Waals surface area contributed by atoms with Crippen molar-refractivity contribution in [3.8, 4) is 0 Å². The maximum absolute atomic E-state index is 11.2. The van der Waals surface area contributed by atoms with Gasteiger partial charge in [-0.25, -0.2) is 0 Å². The van der Waals surface area contributed by atoms with Crippen molar-refractivity contribution < 1.29 is 4.21 Å². The Morgan fingerprint density at radius 3 is 2.31 bits per heavy atom. The van der Waals surface area contributed by atoms with E-state index in [-0.39, 0.29) is 5.25 Å². The molecule has 0 amide bonds. The van der Waals surface area contributed by atoms with Gasteiger partial charge in [-0.3, -0.25) is 4.21 Å². The molecule has 16 heavy (non-hydrogen) atoms. The smallest absolute Gasteiger partial charge is 0.0441 e. The Morgan fingerprint density at radius 2 is 1.81 bits per heavy atom. The normalized spacial score (nSPS) is 14.8. The Labute approximate surface area is 101 Å². The Morgan fingerprint density at radius 1 is 1.25 bits per heavy atom. The van der Waals surface area contributed by atoms with Crippen LogP contribution in [-0.2, 0) is 17.3 Å². The van der Waals surface area contributed by atoms with Crippen LogP contribution in [0.4, 0.5) is 0 Å². The first-order valence-corrected chi connectivity index (χ1v) is 7.21. The molecule has 0 radical (unpaired) electrons. The topological polar surface area (TPSA) is 29.1 Å². The molecule has 0 aliphatic carbocycles. The molecule has 0 aromatic heterocycles. The Kier molecular flexibility index (Phi) is 5.16. The first kappa shape index (κ1) is 13.4. The molecule has 0 aliphatic heterocycles. The number of hydrogen-bond donors (Lipinski definition) is 1. The van der Waals surface area contributed by atoms with E-state index in [1.165, 1.54) is 16.7 Å². The van der Waals surface area contributed by atoms with E-state index < -0.39 is 10.8 Å². The highest BCUT2D eigenvalue weighted by molar-refractivity contribution is 7.84. The molecule has 2 unspecified atom stereocenters. The van der Waals surface area contributed by atoms with Crippen molar-refractivity contribution in [1.29, 1.82) is 0 Å². The van der Waals surface area contributed by atoms with Crippen LogP contribution in [0.1, 0.15) is 23.6 Å². The van der Waals surface area contributed by atoms with Gasteiger partial charge in [-0.1, -0.05) is 29.3 Å². The van der Waals surface area contributed by atoms with E-state index in [1.54, 1.807) is 6.26 Å². The monoisotopic (exact) mass is 239 g/mol. The predicted molar refractivity (Wildman–Crippen MR) is 71.2 cm³/mol. The van der Waals surface area contributed by atoms with Gasteiger partial charge in [-0.2, -0.15) is 0 Å². The third kappa shape index (κ3) is 4.45. The van der Waals surface area contributed by atoms with Crippen LogP contribution < -0.4 is 5.32 Å². The molecule has 2 atom stereocenters. The zero-order valence-electron chi connectivity index (χ0n) is 10.5. The molecule has 0 bridgehead atoms. The molecular weight excluding hydrogens is 218 g/mol. The Hall–Kier alpha value is -0.670. The average Bonchev–Trinajstić information content (AvgIpc) is 2.15. The van der Waals surface area contributed by atoms with Crippen LogP contribution in [0.15, 0.2) is 18.2 Å². The first-order valence-electron chi connectivity index (χ1n) is 5.59. The van der Waals surface area contributed by atoms with Gasteiger partial charge in [0, 0.05) is 35.4 Å². The molecule has 1 N–H and O–H groups in total. The lowest BCUT2D eigenvalue weighted by atomic mass is 10.1. The van der Waals surface area contributed by atoms with Crippen molar-refractivity contribution in [3.05, 3.63) is 34.9 Å². The molecule has 0 fully saturated rings. The summed E-state index contributed by atoms with van der Waals surface area (Å²) in [6.45, 7) is 7.88. The fraction of sp³-hybridized carbons (Fsp3) is 0.538. The van der Waals surface area contributed by atoms with E-state index >= 15 is 0 Å². The maximum Gasteiger partial charge on any atom is 0.0441 e. The molecular formula is C13H21NOS. The molecule has 0 aliphatic rings. The summed E-state index contributed by atoms with van der Waals surface area (Å²) >= 11 is 0. The number of nitrogens with one attached hydrogen (secondary N) is 1. The minimum absolute atomic E-state index is 0.214. The van der Waals surface area contributed by atoms with Crippen molar-refractivity contribution in [3.63, 3.8) is 0 Å². The molecule has 0 heterocycles. The fourth-order valence-corrected chi connectivity index (χ4v) is 2.06. The highest BCUT2D eigenvalue weighted by atomic mass is 32.2. The van der Waals surface area contributed by atoms with Crippen LogP contribution in [0.5, 0.6) is 0 Å². The summed E-state index contributed by atoms with van der Waals surface area (Å²) in [5.74, 6) is 0. The zero-order chi connectivity index (χ0) is 12.1. The minimum Gasteiger partial charge on any atom is -0.311 e. The van der Waals surface area contributed by atoms with Gasteiger partial charge in [-0.15, -0.1) is 0 Å². The maximum atomic E-state index is 11.2. The third-order valence-electron chi connectivity index (χ3n) is 2.61. The van der Waals surface area contributed by atoms with E-state index in [0.29, 0.717) is 0 Å². The van der Waals surface area contributed by atoms with Crippen molar-refractivity contribution in [1.82, 2.24) is 5.32 Å². The summed E-state index contributed by atoms with van der Waals surface area (Å²) < 4.78 is 11.2.